The maximum absolute atomic E-state index is 10.5. The molecule has 0 fully saturated rings. The van der Waals surface area contributed by atoms with Gasteiger partial charge in [0.2, 0.25) is 0 Å². The van der Waals surface area contributed by atoms with E-state index in [1.165, 1.54) is 27.3 Å². The maximum atomic E-state index is 10.5. The van der Waals surface area contributed by atoms with Crippen LogP contribution >= 0.6 is 49.3 Å². The van der Waals surface area contributed by atoms with Crippen LogP contribution in [0.3, 0.4) is 0 Å². The summed E-state index contributed by atoms with van der Waals surface area (Å²) in [6.07, 6.45) is 0. The van der Waals surface area contributed by atoms with Crippen LogP contribution in [0.15, 0.2) is 43.0 Å². The van der Waals surface area contributed by atoms with Crippen LogP contribution in [0.25, 0.3) is 0 Å². The van der Waals surface area contributed by atoms with Gasteiger partial charge >= 0.3 is 0 Å². The van der Waals surface area contributed by atoms with E-state index in [4.69, 9.17) is 10.7 Å². The minimum absolute atomic E-state index is 0.175. The summed E-state index contributed by atoms with van der Waals surface area (Å²) in [5.41, 5.74) is 0. The molecule has 2 rings (SSSR count). The van der Waals surface area contributed by atoms with Crippen molar-refractivity contribution in [3.8, 4) is 0 Å². The smallest absolute Gasteiger partial charge is 0.207 e. The summed E-state index contributed by atoms with van der Waals surface area (Å²) in [6, 6.07) is 3.48. The van der Waals surface area contributed by atoms with Crippen LogP contribution in [0.2, 0.25) is 0 Å². The molecule has 15 heavy (non-hydrogen) atoms. The zero-order chi connectivity index (χ0) is 11.3. The first-order valence-corrected chi connectivity index (χ1v) is 8.63. The van der Waals surface area contributed by atoms with E-state index in [2.05, 4.69) is 15.9 Å². The van der Waals surface area contributed by atoms with Crippen LogP contribution < -0.4 is 0 Å². The van der Waals surface area contributed by atoms with Crippen LogP contribution in [0.4, 0.5) is 0 Å². The largest absolute Gasteiger partial charge is 0.262 e. The number of rotatable bonds is 1. The van der Waals surface area contributed by atoms with E-state index in [1.807, 2.05) is 16.8 Å². The van der Waals surface area contributed by atoms with Crippen LogP contribution in [0.1, 0.15) is 0 Å². The molecule has 0 unspecified atom stereocenters. The number of halogens is 2. The predicted molar refractivity (Wildman–Crippen MR) is 69.4 cm³/mol. The average molecular weight is 346 g/mol. The molecule has 0 radical (unpaired) electrons. The van der Waals surface area contributed by atoms with E-state index in [0.717, 1.165) is 0 Å². The van der Waals surface area contributed by atoms with Gasteiger partial charge in [0.1, 0.15) is 0 Å². The molecule has 0 spiro atoms. The minimum Gasteiger partial charge on any atom is -0.207 e. The Hall–Kier alpha value is 0.120. The highest BCUT2D eigenvalue weighted by Gasteiger charge is 2.07. The van der Waals surface area contributed by atoms with Gasteiger partial charge in [-0.2, -0.15) is 22.7 Å². The number of thiophene rings is 2. The first kappa shape index (κ1) is 13.2. The van der Waals surface area contributed by atoms with E-state index in [0.29, 0.717) is 0 Å². The fourth-order valence-electron chi connectivity index (χ4n) is 0.639. The molecule has 82 valence electrons. The Morgan fingerprint density at radius 1 is 1.13 bits per heavy atom. The monoisotopic (exact) mass is 344 g/mol. The molecule has 0 atom stereocenters. The zero-order valence-electron chi connectivity index (χ0n) is 7.26. The topological polar surface area (TPSA) is 34.1 Å². The highest BCUT2D eigenvalue weighted by Crippen LogP contribution is 2.16. The molecule has 0 N–H and O–H groups in total. The standard InChI is InChI=1S/C4H3BrS.C4H3ClO2S2/c5-4-1-2-6-3-4;5-9(6,7)4-1-2-8-3-4/h1-3H;1-3H. The molecule has 0 aromatic carbocycles. The molecule has 0 amide bonds. The SMILES string of the molecule is Brc1ccsc1.O=S(=O)(Cl)c1ccsc1. The summed E-state index contributed by atoms with van der Waals surface area (Å²) in [4.78, 5) is 0.175. The van der Waals surface area contributed by atoms with Gasteiger partial charge in [-0.25, -0.2) is 8.42 Å². The van der Waals surface area contributed by atoms with Gasteiger partial charge in [-0.05, 0) is 38.8 Å². The third-order valence-corrected chi connectivity index (χ3v) is 4.93. The van der Waals surface area contributed by atoms with Gasteiger partial charge in [-0.15, -0.1) is 0 Å². The summed E-state index contributed by atoms with van der Waals surface area (Å²) < 4.78 is 22.1. The van der Waals surface area contributed by atoms with Crippen LogP contribution in [0.5, 0.6) is 0 Å². The number of hydrogen-bond donors (Lipinski definition) is 0. The zero-order valence-corrected chi connectivity index (χ0v) is 12.1. The summed E-state index contributed by atoms with van der Waals surface area (Å²) in [5, 5.41) is 7.22. The molecule has 2 aromatic rings. The van der Waals surface area contributed by atoms with Crippen molar-refractivity contribution in [3.05, 3.63) is 38.1 Å². The van der Waals surface area contributed by atoms with Gasteiger partial charge in [0.15, 0.2) is 0 Å². The van der Waals surface area contributed by atoms with Gasteiger partial charge in [-0.3, -0.25) is 0 Å². The molecule has 7 heteroatoms. The minimum atomic E-state index is -3.48. The van der Waals surface area contributed by atoms with Crippen molar-refractivity contribution in [1.82, 2.24) is 0 Å². The Balaban J connectivity index is 0.000000162. The summed E-state index contributed by atoms with van der Waals surface area (Å²) in [5.74, 6) is 0. The van der Waals surface area contributed by atoms with Crippen molar-refractivity contribution in [2.45, 2.75) is 4.90 Å². The Labute approximate surface area is 109 Å². The highest BCUT2D eigenvalue weighted by molar-refractivity contribution is 9.10. The molecule has 0 aliphatic heterocycles. The normalized spacial score (nSPS) is 10.5. The molecular weight excluding hydrogens is 340 g/mol. The molecule has 2 aromatic heterocycles. The Morgan fingerprint density at radius 2 is 1.73 bits per heavy atom. The van der Waals surface area contributed by atoms with Crippen molar-refractivity contribution in [2.75, 3.05) is 0 Å². The van der Waals surface area contributed by atoms with E-state index in [1.54, 1.807) is 16.7 Å². The van der Waals surface area contributed by atoms with Gasteiger partial charge in [-0.1, -0.05) is 0 Å². The first-order chi connectivity index (χ1) is 7.00. The lowest BCUT2D eigenvalue weighted by atomic mass is 10.7. The molecule has 0 aliphatic rings. The molecule has 0 aliphatic carbocycles. The summed E-state index contributed by atoms with van der Waals surface area (Å²) in [7, 11) is 1.50. The second-order valence-corrected chi connectivity index (χ2v) is 7.38. The van der Waals surface area contributed by atoms with Crippen molar-refractivity contribution in [2.24, 2.45) is 0 Å². The third kappa shape index (κ3) is 5.12. The van der Waals surface area contributed by atoms with E-state index in [9.17, 15) is 8.42 Å². The average Bonchev–Trinajstić information content (AvgIpc) is 2.73. The van der Waals surface area contributed by atoms with Gasteiger partial charge in [0, 0.05) is 25.9 Å². The van der Waals surface area contributed by atoms with E-state index in [-0.39, 0.29) is 4.90 Å². The van der Waals surface area contributed by atoms with Gasteiger partial charge in [0.05, 0.1) is 4.90 Å². The van der Waals surface area contributed by atoms with Crippen LogP contribution in [-0.2, 0) is 9.05 Å². The Morgan fingerprint density at radius 3 is 1.93 bits per heavy atom. The van der Waals surface area contributed by atoms with Crippen LogP contribution in [0, 0.1) is 0 Å². The summed E-state index contributed by atoms with van der Waals surface area (Å²) >= 11 is 6.29. The van der Waals surface area contributed by atoms with Gasteiger partial charge in [0.25, 0.3) is 9.05 Å². The van der Waals surface area contributed by atoms with Crippen molar-refractivity contribution in [3.63, 3.8) is 0 Å². The Kier molecular flexibility index (Phi) is 5.28. The Bertz CT molecular complexity index is 476. The first-order valence-electron chi connectivity index (χ1n) is 3.64. The fourth-order valence-corrected chi connectivity index (χ4v) is 3.72. The maximum Gasteiger partial charge on any atom is 0.262 e. The quantitative estimate of drug-likeness (QED) is 0.726. The second-order valence-electron chi connectivity index (χ2n) is 2.34. The second kappa shape index (κ2) is 6.00. The van der Waals surface area contributed by atoms with Gasteiger partial charge < -0.3 is 0 Å². The molecule has 0 saturated heterocycles. The van der Waals surface area contributed by atoms with E-state index >= 15 is 0 Å². The predicted octanol–water partition coefficient (Wildman–Crippen LogP) is 4.19. The highest BCUT2D eigenvalue weighted by atomic mass is 79.9. The van der Waals surface area contributed by atoms with Crippen LogP contribution in [-0.4, -0.2) is 8.42 Å². The van der Waals surface area contributed by atoms with E-state index < -0.39 is 9.05 Å². The lowest BCUT2D eigenvalue weighted by Crippen LogP contribution is -1.84. The fraction of sp³-hybridized carbons (Fsp3) is 0. The molecule has 2 heterocycles. The molecule has 0 bridgehead atoms. The number of hydrogen-bond acceptors (Lipinski definition) is 4. The molecule has 2 nitrogen and oxygen atoms in total. The third-order valence-electron chi connectivity index (χ3n) is 1.26. The van der Waals surface area contributed by atoms with Crippen molar-refractivity contribution >= 4 is 58.3 Å². The lowest BCUT2D eigenvalue weighted by molar-refractivity contribution is 0.610. The van der Waals surface area contributed by atoms with Crippen molar-refractivity contribution in [1.29, 1.82) is 0 Å². The lowest BCUT2D eigenvalue weighted by Gasteiger charge is -1.83. The molecular formula is C8H6BrClO2S3. The molecule has 0 saturated carbocycles. The van der Waals surface area contributed by atoms with Crippen molar-refractivity contribution < 1.29 is 8.42 Å². The summed E-state index contributed by atoms with van der Waals surface area (Å²) in [6.45, 7) is 0.